The molecule has 4 aromatic rings. The van der Waals surface area contributed by atoms with Crippen LogP contribution in [0.5, 0.6) is 6.01 Å². The van der Waals surface area contributed by atoms with E-state index < -0.39 is 0 Å². The molecule has 0 amide bonds. The molecule has 142 valence electrons. The SMILES string of the molecule is CCn1nc(C2CC2c2ccnc(OC)n2)cc1-c1ccc2nnc(C)n2n1. The van der Waals surface area contributed by atoms with Crippen LogP contribution in [0.2, 0.25) is 0 Å². The number of hydrogen-bond donors (Lipinski definition) is 0. The van der Waals surface area contributed by atoms with Crippen molar-refractivity contribution in [2.75, 3.05) is 7.11 Å². The number of aryl methyl sites for hydroxylation is 2. The largest absolute Gasteiger partial charge is 0.467 e. The van der Waals surface area contributed by atoms with Crippen LogP contribution in [0.1, 0.15) is 42.4 Å². The highest BCUT2D eigenvalue weighted by atomic mass is 16.5. The minimum Gasteiger partial charge on any atom is -0.467 e. The van der Waals surface area contributed by atoms with Crippen LogP contribution in [-0.2, 0) is 6.54 Å². The van der Waals surface area contributed by atoms with Gasteiger partial charge in [-0.25, -0.2) is 4.98 Å². The second-order valence-corrected chi connectivity index (χ2v) is 6.92. The average molecular weight is 376 g/mol. The van der Waals surface area contributed by atoms with E-state index in [1.165, 1.54) is 0 Å². The third-order valence-electron chi connectivity index (χ3n) is 5.17. The van der Waals surface area contributed by atoms with Gasteiger partial charge in [0.2, 0.25) is 0 Å². The van der Waals surface area contributed by atoms with Crippen molar-refractivity contribution in [1.82, 2.24) is 39.6 Å². The molecule has 0 aliphatic heterocycles. The molecule has 1 aliphatic rings. The Hall–Kier alpha value is -3.36. The van der Waals surface area contributed by atoms with Gasteiger partial charge < -0.3 is 4.74 Å². The summed E-state index contributed by atoms with van der Waals surface area (Å²) in [6, 6.07) is 8.40. The van der Waals surface area contributed by atoms with Crippen molar-refractivity contribution >= 4 is 5.65 Å². The summed E-state index contributed by atoms with van der Waals surface area (Å²) in [5.41, 5.74) is 4.67. The van der Waals surface area contributed by atoms with Crippen LogP contribution in [0.3, 0.4) is 0 Å². The lowest BCUT2D eigenvalue weighted by molar-refractivity contribution is 0.378. The second-order valence-electron chi connectivity index (χ2n) is 6.92. The van der Waals surface area contributed by atoms with Gasteiger partial charge >= 0.3 is 6.01 Å². The normalized spacial score (nSPS) is 18.5. The van der Waals surface area contributed by atoms with Crippen LogP contribution in [0.4, 0.5) is 0 Å². The third kappa shape index (κ3) is 2.70. The molecular formula is C19H20N8O. The minimum atomic E-state index is 0.348. The molecule has 0 N–H and O–H groups in total. The highest BCUT2D eigenvalue weighted by molar-refractivity contribution is 5.57. The standard InChI is InChI=1S/C19H20N8O/c1-4-26-17(15-5-6-18-23-22-11(2)27(18)25-15)10-16(24-26)13-9-12(13)14-7-8-20-19(21-14)28-3/h5-8,10,12-13H,4,9H2,1-3H3. The maximum Gasteiger partial charge on any atom is 0.316 e. The first-order chi connectivity index (χ1) is 13.7. The second kappa shape index (κ2) is 6.36. The van der Waals surface area contributed by atoms with Gasteiger partial charge in [0.05, 0.1) is 24.2 Å². The van der Waals surface area contributed by atoms with Crippen molar-refractivity contribution in [3.63, 3.8) is 0 Å². The van der Waals surface area contributed by atoms with E-state index in [9.17, 15) is 0 Å². The first-order valence-corrected chi connectivity index (χ1v) is 9.32. The van der Waals surface area contributed by atoms with Crippen LogP contribution in [0.25, 0.3) is 17.0 Å². The molecule has 0 aromatic carbocycles. The monoisotopic (exact) mass is 376 g/mol. The van der Waals surface area contributed by atoms with E-state index in [4.69, 9.17) is 14.9 Å². The Balaban J connectivity index is 1.47. The summed E-state index contributed by atoms with van der Waals surface area (Å²) in [7, 11) is 1.58. The van der Waals surface area contributed by atoms with E-state index in [1.54, 1.807) is 17.8 Å². The molecule has 1 aliphatic carbocycles. The first-order valence-electron chi connectivity index (χ1n) is 9.32. The molecule has 1 saturated carbocycles. The van der Waals surface area contributed by atoms with Crippen LogP contribution in [-0.4, -0.2) is 46.7 Å². The number of ether oxygens (including phenoxy) is 1. The Kier molecular flexibility index (Phi) is 3.81. The number of fused-ring (bicyclic) bond motifs is 1. The molecule has 0 bridgehead atoms. The maximum atomic E-state index is 5.15. The summed E-state index contributed by atoms with van der Waals surface area (Å²) >= 11 is 0. The van der Waals surface area contributed by atoms with Gasteiger partial charge in [0, 0.05) is 24.6 Å². The number of nitrogens with zero attached hydrogens (tertiary/aromatic N) is 8. The molecule has 0 spiro atoms. The van der Waals surface area contributed by atoms with E-state index in [0.29, 0.717) is 17.8 Å². The average Bonchev–Trinajstić information content (AvgIpc) is 3.29. The van der Waals surface area contributed by atoms with Crippen LogP contribution >= 0.6 is 0 Å². The molecule has 28 heavy (non-hydrogen) atoms. The molecule has 2 unspecified atom stereocenters. The predicted molar refractivity (Wildman–Crippen MR) is 101 cm³/mol. The zero-order valence-electron chi connectivity index (χ0n) is 15.9. The Morgan fingerprint density at radius 3 is 2.79 bits per heavy atom. The molecular weight excluding hydrogens is 356 g/mol. The molecule has 4 aromatic heterocycles. The highest BCUT2D eigenvalue weighted by Crippen LogP contribution is 2.54. The number of aromatic nitrogens is 8. The summed E-state index contributed by atoms with van der Waals surface area (Å²) in [5, 5.41) is 17.7. The van der Waals surface area contributed by atoms with Gasteiger partial charge in [-0.05, 0) is 44.5 Å². The van der Waals surface area contributed by atoms with E-state index in [0.717, 1.165) is 47.2 Å². The lowest BCUT2D eigenvalue weighted by Crippen LogP contribution is -2.03. The molecule has 0 radical (unpaired) electrons. The molecule has 4 heterocycles. The molecule has 0 saturated heterocycles. The lowest BCUT2D eigenvalue weighted by Gasteiger charge is -2.04. The van der Waals surface area contributed by atoms with E-state index in [1.807, 2.05) is 29.8 Å². The van der Waals surface area contributed by atoms with Crippen molar-refractivity contribution in [1.29, 1.82) is 0 Å². The summed E-state index contributed by atoms with van der Waals surface area (Å²) in [5.74, 6) is 1.46. The van der Waals surface area contributed by atoms with Crippen molar-refractivity contribution < 1.29 is 4.74 Å². The predicted octanol–water partition coefficient (Wildman–Crippen LogP) is 2.39. The van der Waals surface area contributed by atoms with Gasteiger partial charge in [-0.3, -0.25) is 4.68 Å². The maximum absolute atomic E-state index is 5.15. The number of hydrogen-bond acceptors (Lipinski definition) is 7. The fraction of sp³-hybridized carbons (Fsp3) is 0.368. The summed E-state index contributed by atoms with van der Waals surface area (Å²) in [6.07, 6.45) is 2.77. The highest BCUT2D eigenvalue weighted by Gasteiger charge is 2.43. The Labute approximate surface area is 161 Å². The third-order valence-corrected chi connectivity index (χ3v) is 5.17. The zero-order valence-corrected chi connectivity index (χ0v) is 15.9. The summed E-state index contributed by atoms with van der Waals surface area (Å²) in [4.78, 5) is 8.57. The summed E-state index contributed by atoms with van der Waals surface area (Å²) in [6.45, 7) is 4.75. The number of rotatable bonds is 5. The summed E-state index contributed by atoms with van der Waals surface area (Å²) < 4.78 is 8.91. The van der Waals surface area contributed by atoms with Crippen molar-refractivity contribution in [2.24, 2.45) is 0 Å². The Morgan fingerprint density at radius 2 is 1.96 bits per heavy atom. The van der Waals surface area contributed by atoms with Crippen molar-refractivity contribution in [2.45, 2.75) is 38.6 Å². The van der Waals surface area contributed by atoms with Gasteiger partial charge in [-0.15, -0.1) is 10.2 Å². The van der Waals surface area contributed by atoms with Crippen LogP contribution in [0, 0.1) is 6.92 Å². The molecule has 2 atom stereocenters. The first kappa shape index (κ1) is 16.8. The number of methoxy groups -OCH3 is 1. The van der Waals surface area contributed by atoms with Gasteiger partial charge in [0.25, 0.3) is 0 Å². The van der Waals surface area contributed by atoms with Gasteiger partial charge in [0.15, 0.2) is 11.5 Å². The van der Waals surface area contributed by atoms with E-state index >= 15 is 0 Å². The van der Waals surface area contributed by atoms with Crippen LogP contribution < -0.4 is 4.74 Å². The fourth-order valence-electron chi connectivity index (χ4n) is 3.61. The quantitative estimate of drug-likeness (QED) is 0.527. The Bertz CT molecular complexity index is 1160. The minimum absolute atomic E-state index is 0.348. The van der Waals surface area contributed by atoms with Gasteiger partial charge in [0.1, 0.15) is 5.69 Å². The Morgan fingerprint density at radius 1 is 1.11 bits per heavy atom. The zero-order chi connectivity index (χ0) is 19.3. The van der Waals surface area contributed by atoms with Crippen molar-refractivity contribution in [3.8, 4) is 17.4 Å². The molecule has 9 nitrogen and oxygen atoms in total. The molecule has 1 fully saturated rings. The smallest absolute Gasteiger partial charge is 0.316 e. The van der Waals surface area contributed by atoms with Crippen molar-refractivity contribution in [3.05, 3.63) is 47.7 Å². The molecule has 5 rings (SSSR count). The molecule has 9 heteroatoms. The van der Waals surface area contributed by atoms with Gasteiger partial charge in [-0.2, -0.15) is 19.7 Å². The lowest BCUT2D eigenvalue weighted by atomic mass is 10.1. The van der Waals surface area contributed by atoms with E-state index in [2.05, 4.69) is 33.2 Å². The van der Waals surface area contributed by atoms with Crippen LogP contribution in [0.15, 0.2) is 30.5 Å². The van der Waals surface area contributed by atoms with Gasteiger partial charge in [-0.1, -0.05) is 0 Å². The van der Waals surface area contributed by atoms with E-state index in [-0.39, 0.29) is 0 Å². The topological polar surface area (TPSA) is 95.9 Å². The fourth-order valence-corrected chi connectivity index (χ4v) is 3.61.